The molecule has 0 radical (unpaired) electrons. The van der Waals surface area contributed by atoms with E-state index in [2.05, 4.69) is 10.6 Å². The van der Waals surface area contributed by atoms with E-state index in [4.69, 9.17) is 4.74 Å². The lowest BCUT2D eigenvalue weighted by atomic mass is 10.0. The standard InChI is InChI=1S/C22H25FN2O4/c1-14(2)20(25-21(27)17-9-11-18(23)12-10-17)22(28)29-13-19(26)24-15(3)16-7-5-4-6-8-16/h4-12,14-15,20H,13H2,1-3H3,(H,24,26)(H,25,27)/t15-,20-/m0/s1. The van der Waals surface area contributed by atoms with Crippen molar-refractivity contribution in [3.63, 3.8) is 0 Å². The molecule has 7 heteroatoms. The van der Waals surface area contributed by atoms with Crippen LogP contribution in [0.2, 0.25) is 0 Å². The molecule has 2 N–H and O–H groups in total. The number of benzene rings is 2. The van der Waals surface area contributed by atoms with Gasteiger partial charge in [-0.3, -0.25) is 9.59 Å². The van der Waals surface area contributed by atoms with Crippen LogP contribution in [0.1, 0.15) is 42.7 Å². The van der Waals surface area contributed by atoms with Gasteiger partial charge in [-0.05, 0) is 42.7 Å². The maximum absolute atomic E-state index is 13.0. The zero-order valence-electron chi connectivity index (χ0n) is 16.6. The quantitative estimate of drug-likeness (QED) is 0.667. The third-order valence-corrected chi connectivity index (χ3v) is 4.34. The van der Waals surface area contributed by atoms with E-state index in [1.807, 2.05) is 37.3 Å². The summed E-state index contributed by atoms with van der Waals surface area (Å²) >= 11 is 0. The number of ether oxygens (including phenoxy) is 1. The molecule has 0 saturated carbocycles. The Bertz CT molecular complexity index is 838. The molecule has 0 heterocycles. The molecule has 0 aromatic heterocycles. The van der Waals surface area contributed by atoms with E-state index in [9.17, 15) is 18.8 Å². The molecule has 2 amide bonds. The molecule has 2 aromatic carbocycles. The summed E-state index contributed by atoms with van der Waals surface area (Å²) < 4.78 is 18.1. The molecule has 154 valence electrons. The third-order valence-electron chi connectivity index (χ3n) is 4.34. The number of amides is 2. The highest BCUT2D eigenvalue weighted by molar-refractivity contribution is 5.97. The minimum atomic E-state index is -0.938. The molecule has 0 aliphatic heterocycles. The molecule has 0 spiro atoms. The normalized spacial score (nSPS) is 12.7. The summed E-state index contributed by atoms with van der Waals surface area (Å²) in [6.07, 6.45) is 0. The zero-order chi connectivity index (χ0) is 21.4. The van der Waals surface area contributed by atoms with Gasteiger partial charge in [0.25, 0.3) is 11.8 Å². The fraction of sp³-hybridized carbons (Fsp3) is 0.318. The number of esters is 1. The number of carbonyl (C=O) groups excluding carboxylic acids is 3. The molecule has 0 saturated heterocycles. The van der Waals surface area contributed by atoms with Gasteiger partial charge in [-0.1, -0.05) is 44.2 Å². The average molecular weight is 400 g/mol. The maximum atomic E-state index is 13.0. The van der Waals surface area contributed by atoms with Crippen molar-refractivity contribution in [2.75, 3.05) is 6.61 Å². The Hall–Kier alpha value is -3.22. The Labute approximate surface area is 169 Å². The fourth-order valence-electron chi connectivity index (χ4n) is 2.66. The minimum absolute atomic E-state index is 0.222. The lowest BCUT2D eigenvalue weighted by Gasteiger charge is -2.21. The van der Waals surface area contributed by atoms with Gasteiger partial charge < -0.3 is 15.4 Å². The number of halogens is 1. The Morgan fingerprint density at radius 2 is 1.55 bits per heavy atom. The Morgan fingerprint density at radius 1 is 0.931 bits per heavy atom. The number of rotatable bonds is 8. The van der Waals surface area contributed by atoms with E-state index in [0.717, 1.165) is 17.7 Å². The van der Waals surface area contributed by atoms with Gasteiger partial charge in [0.2, 0.25) is 0 Å². The van der Waals surface area contributed by atoms with Crippen molar-refractivity contribution in [1.29, 1.82) is 0 Å². The third kappa shape index (κ3) is 6.71. The number of nitrogens with one attached hydrogen (secondary N) is 2. The summed E-state index contributed by atoms with van der Waals surface area (Å²) in [7, 11) is 0. The van der Waals surface area contributed by atoms with Crippen LogP contribution in [-0.2, 0) is 14.3 Å². The van der Waals surface area contributed by atoms with Crippen LogP contribution in [0.4, 0.5) is 4.39 Å². The first-order valence-electron chi connectivity index (χ1n) is 9.35. The second-order valence-corrected chi connectivity index (χ2v) is 7.01. The largest absolute Gasteiger partial charge is 0.454 e. The second-order valence-electron chi connectivity index (χ2n) is 7.01. The molecule has 0 aliphatic rings. The van der Waals surface area contributed by atoms with Crippen LogP contribution in [0, 0.1) is 11.7 Å². The number of carbonyl (C=O) groups is 3. The van der Waals surface area contributed by atoms with E-state index in [1.54, 1.807) is 13.8 Å². The van der Waals surface area contributed by atoms with Crippen molar-refractivity contribution in [3.05, 3.63) is 71.5 Å². The van der Waals surface area contributed by atoms with Crippen LogP contribution in [-0.4, -0.2) is 30.4 Å². The van der Waals surface area contributed by atoms with Gasteiger partial charge in [-0.25, -0.2) is 9.18 Å². The molecular formula is C22H25FN2O4. The van der Waals surface area contributed by atoms with Gasteiger partial charge in [0.15, 0.2) is 6.61 Å². The highest BCUT2D eigenvalue weighted by Gasteiger charge is 2.27. The molecule has 2 aromatic rings. The van der Waals surface area contributed by atoms with Crippen molar-refractivity contribution in [2.24, 2.45) is 5.92 Å². The topological polar surface area (TPSA) is 84.5 Å². The SMILES string of the molecule is CC(C)[C@H](NC(=O)c1ccc(F)cc1)C(=O)OCC(=O)N[C@@H](C)c1ccccc1. The van der Waals surface area contributed by atoms with E-state index < -0.39 is 36.2 Å². The van der Waals surface area contributed by atoms with Crippen LogP contribution < -0.4 is 10.6 Å². The van der Waals surface area contributed by atoms with Crippen LogP contribution in [0.25, 0.3) is 0 Å². The van der Waals surface area contributed by atoms with Gasteiger partial charge in [0.05, 0.1) is 6.04 Å². The second kappa shape index (κ2) is 10.4. The van der Waals surface area contributed by atoms with Gasteiger partial charge >= 0.3 is 5.97 Å². The van der Waals surface area contributed by atoms with Gasteiger partial charge in [0.1, 0.15) is 11.9 Å². The summed E-state index contributed by atoms with van der Waals surface area (Å²) in [5.74, 6) is -2.40. The van der Waals surface area contributed by atoms with Crippen LogP contribution in [0.5, 0.6) is 0 Å². The summed E-state index contributed by atoms with van der Waals surface area (Å²) in [6, 6.07) is 13.2. The molecule has 2 atom stereocenters. The molecule has 2 rings (SSSR count). The van der Waals surface area contributed by atoms with Crippen LogP contribution in [0.3, 0.4) is 0 Å². The van der Waals surface area contributed by atoms with E-state index in [0.29, 0.717) is 0 Å². The lowest BCUT2D eigenvalue weighted by Crippen LogP contribution is -2.46. The zero-order valence-corrected chi connectivity index (χ0v) is 16.6. The summed E-state index contributed by atoms with van der Waals surface area (Å²) in [4.78, 5) is 36.8. The monoisotopic (exact) mass is 400 g/mol. The fourth-order valence-corrected chi connectivity index (χ4v) is 2.66. The van der Waals surface area contributed by atoms with E-state index in [-0.39, 0.29) is 17.5 Å². The van der Waals surface area contributed by atoms with Gasteiger partial charge in [-0.15, -0.1) is 0 Å². The smallest absolute Gasteiger partial charge is 0.329 e. The summed E-state index contributed by atoms with van der Waals surface area (Å²) in [5, 5.41) is 5.33. The molecule has 0 aliphatic carbocycles. The Balaban J connectivity index is 1.89. The van der Waals surface area contributed by atoms with Crippen molar-refractivity contribution in [2.45, 2.75) is 32.9 Å². The van der Waals surface area contributed by atoms with Crippen molar-refractivity contribution in [1.82, 2.24) is 10.6 Å². The van der Waals surface area contributed by atoms with Crippen LogP contribution >= 0.6 is 0 Å². The Morgan fingerprint density at radius 3 is 2.14 bits per heavy atom. The van der Waals surface area contributed by atoms with Crippen molar-refractivity contribution >= 4 is 17.8 Å². The summed E-state index contributed by atoms with van der Waals surface area (Å²) in [6.45, 7) is 4.86. The predicted octanol–water partition coefficient (Wildman–Crippen LogP) is 3.00. The molecule has 6 nitrogen and oxygen atoms in total. The molecular weight excluding hydrogens is 375 g/mol. The van der Waals surface area contributed by atoms with Crippen molar-refractivity contribution in [3.8, 4) is 0 Å². The van der Waals surface area contributed by atoms with Gasteiger partial charge in [0, 0.05) is 5.56 Å². The van der Waals surface area contributed by atoms with Gasteiger partial charge in [-0.2, -0.15) is 0 Å². The van der Waals surface area contributed by atoms with Crippen molar-refractivity contribution < 1.29 is 23.5 Å². The van der Waals surface area contributed by atoms with E-state index in [1.165, 1.54) is 12.1 Å². The number of hydrogen-bond acceptors (Lipinski definition) is 4. The number of hydrogen-bond donors (Lipinski definition) is 2. The first-order valence-corrected chi connectivity index (χ1v) is 9.35. The highest BCUT2D eigenvalue weighted by atomic mass is 19.1. The van der Waals surface area contributed by atoms with E-state index >= 15 is 0 Å². The predicted molar refractivity (Wildman–Crippen MR) is 106 cm³/mol. The Kier molecular flexibility index (Phi) is 7.88. The summed E-state index contributed by atoms with van der Waals surface area (Å²) in [5.41, 5.74) is 1.15. The molecule has 0 fully saturated rings. The molecule has 0 bridgehead atoms. The lowest BCUT2D eigenvalue weighted by molar-refractivity contribution is -0.151. The minimum Gasteiger partial charge on any atom is -0.454 e. The molecule has 0 unspecified atom stereocenters. The first kappa shape index (κ1) is 22.1. The molecule has 29 heavy (non-hydrogen) atoms. The first-order chi connectivity index (χ1) is 13.8. The maximum Gasteiger partial charge on any atom is 0.329 e. The average Bonchev–Trinajstić information content (AvgIpc) is 2.71. The van der Waals surface area contributed by atoms with Crippen LogP contribution in [0.15, 0.2) is 54.6 Å². The highest BCUT2D eigenvalue weighted by Crippen LogP contribution is 2.11.